The molecule has 4 heteroatoms. The lowest BCUT2D eigenvalue weighted by molar-refractivity contribution is -0.700. The summed E-state index contributed by atoms with van der Waals surface area (Å²) in [6.45, 7) is 10.2. The molecule has 2 rings (SSSR count). The summed E-state index contributed by atoms with van der Waals surface area (Å²) in [5.41, 5.74) is 6.34. The van der Waals surface area contributed by atoms with Crippen molar-refractivity contribution in [1.82, 2.24) is 5.01 Å². The quantitative estimate of drug-likeness (QED) is 0.566. The Balaban J connectivity index is 0.00000264. The van der Waals surface area contributed by atoms with E-state index in [-0.39, 0.29) is 12.4 Å². The summed E-state index contributed by atoms with van der Waals surface area (Å²) >= 11 is 0. The van der Waals surface area contributed by atoms with Crippen molar-refractivity contribution < 1.29 is 17.0 Å². The summed E-state index contributed by atoms with van der Waals surface area (Å²) in [6, 6.07) is 4.57. The lowest BCUT2D eigenvalue weighted by atomic mass is 10.0. The van der Waals surface area contributed by atoms with Crippen LogP contribution in [0.25, 0.3) is 0 Å². The standard InChI is InChI=1S/C19H33N3.ClH/c1-4-6-7-8-9-19-16-18(12-13-21(19)5-2)20-22-14-10-17(3)11-15-22;/h12-13,16-17H,4-11,14-15H2,1-3H3;1H. The van der Waals surface area contributed by atoms with Crippen molar-refractivity contribution >= 4 is 5.69 Å². The van der Waals surface area contributed by atoms with E-state index >= 15 is 0 Å². The number of rotatable bonds is 8. The molecule has 23 heavy (non-hydrogen) atoms. The molecule has 0 unspecified atom stereocenters. The van der Waals surface area contributed by atoms with E-state index in [1.54, 1.807) is 0 Å². The highest BCUT2D eigenvalue weighted by atomic mass is 35.5. The lowest BCUT2D eigenvalue weighted by Gasteiger charge is -2.31. The highest BCUT2D eigenvalue weighted by molar-refractivity contribution is 5.40. The number of aromatic nitrogens is 1. The normalized spacial score (nSPS) is 16.1. The second-order valence-corrected chi connectivity index (χ2v) is 6.78. The second-order valence-electron chi connectivity index (χ2n) is 6.78. The smallest absolute Gasteiger partial charge is 0.183 e. The number of hydrogen-bond donors (Lipinski definition) is 1. The van der Waals surface area contributed by atoms with E-state index in [0.29, 0.717) is 0 Å². The molecule has 2 heterocycles. The lowest BCUT2D eigenvalue weighted by Crippen LogP contribution is -3.00. The van der Waals surface area contributed by atoms with Crippen molar-refractivity contribution in [2.45, 2.75) is 72.3 Å². The van der Waals surface area contributed by atoms with Crippen LogP contribution >= 0.6 is 0 Å². The van der Waals surface area contributed by atoms with Crippen LogP contribution in [0.1, 0.15) is 65.0 Å². The van der Waals surface area contributed by atoms with Crippen molar-refractivity contribution in [3.63, 3.8) is 0 Å². The summed E-state index contributed by atoms with van der Waals surface area (Å²) in [6.07, 6.45) is 11.4. The molecule has 0 atom stereocenters. The fraction of sp³-hybridized carbons (Fsp3) is 0.737. The Hall–Kier alpha value is -0.800. The van der Waals surface area contributed by atoms with E-state index in [1.807, 2.05) is 0 Å². The molecule has 1 N–H and O–H groups in total. The molecule has 0 bridgehead atoms. The number of anilines is 1. The Morgan fingerprint density at radius 1 is 1.17 bits per heavy atom. The third-order valence-corrected chi connectivity index (χ3v) is 4.82. The first-order valence-electron chi connectivity index (χ1n) is 9.27. The minimum absolute atomic E-state index is 0. The highest BCUT2D eigenvalue weighted by Crippen LogP contribution is 2.18. The summed E-state index contributed by atoms with van der Waals surface area (Å²) in [4.78, 5) is 0. The van der Waals surface area contributed by atoms with Crippen LogP contribution < -0.4 is 22.4 Å². The summed E-state index contributed by atoms with van der Waals surface area (Å²) in [5.74, 6) is 0.880. The maximum Gasteiger partial charge on any atom is 0.183 e. The van der Waals surface area contributed by atoms with E-state index in [1.165, 1.54) is 56.3 Å². The summed E-state index contributed by atoms with van der Waals surface area (Å²) < 4.78 is 2.38. The van der Waals surface area contributed by atoms with Gasteiger partial charge in [0, 0.05) is 31.6 Å². The molecule has 0 aromatic carbocycles. The number of hydrazine groups is 1. The average Bonchev–Trinajstić information content (AvgIpc) is 2.54. The van der Waals surface area contributed by atoms with Gasteiger partial charge in [-0.25, -0.2) is 9.58 Å². The molecule has 0 amide bonds. The highest BCUT2D eigenvalue weighted by Gasteiger charge is 2.16. The molecule has 0 saturated carbocycles. The van der Waals surface area contributed by atoms with Crippen LogP contribution in [0.15, 0.2) is 18.3 Å². The molecule has 1 aromatic rings. The van der Waals surface area contributed by atoms with E-state index < -0.39 is 0 Å². The number of hydrogen-bond acceptors (Lipinski definition) is 2. The molecule has 0 radical (unpaired) electrons. The number of piperidine rings is 1. The topological polar surface area (TPSA) is 19.1 Å². The largest absolute Gasteiger partial charge is 1.00 e. The molecular weight excluding hydrogens is 306 g/mol. The number of pyridine rings is 1. The summed E-state index contributed by atoms with van der Waals surface area (Å²) in [7, 11) is 0. The molecule has 1 fully saturated rings. The predicted molar refractivity (Wildman–Crippen MR) is 93.8 cm³/mol. The molecule has 1 aromatic heterocycles. The van der Waals surface area contributed by atoms with Gasteiger partial charge in [-0.15, -0.1) is 0 Å². The van der Waals surface area contributed by atoms with E-state index in [4.69, 9.17) is 0 Å². The number of unbranched alkanes of at least 4 members (excludes halogenated alkanes) is 3. The van der Waals surface area contributed by atoms with Gasteiger partial charge in [0.1, 0.15) is 6.54 Å². The zero-order chi connectivity index (χ0) is 15.8. The Bertz CT molecular complexity index is 442. The third-order valence-electron chi connectivity index (χ3n) is 4.82. The Labute approximate surface area is 148 Å². The van der Waals surface area contributed by atoms with Crippen LogP contribution in [0.5, 0.6) is 0 Å². The minimum Gasteiger partial charge on any atom is -1.00 e. The van der Waals surface area contributed by atoms with E-state index in [9.17, 15) is 0 Å². The molecule has 3 nitrogen and oxygen atoms in total. The number of halogens is 1. The first-order valence-corrected chi connectivity index (χ1v) is 9.27. The van der Waals surface area contributed by atoms with Crippen LogP contribution in [-0.4, -0.2) is 18.1 Å². The van der Waals surface area contributed by atoms with Gasteiger partial charge < -0.3 is 17.8 Å². The van der Waals surface area contributed by atoms with Crippen molar-refractivity contribution in [2.24, 2.45) is 5.92 Å². The van der Waals surface area contributed by atoms with Gasteiger partial charge >= 0.3 is 0 Å². The van der Waals surface area contributed by atoms with Crippen LogP contribution in [0.3, 0.4) is 0 Å². The average molecular weight is 340 g/mol. The molecule has 0 spiro atoms. The van der Waals surface area contributed by atoms with Gasteiger partial charge in [-0.05, 0) is 32.1 Å². The first-order chi connectivity index (χ1) is 10.7. The fourth-order valence-electron chi connectivity index (χ4n) is 3.21. The zero-order valence-corrected chi connectivity index (χ0v) is 15.9. The number of aryl methyl sites for hydroxylation is 2. The monoisotopic (exact) mass is 339 g/mol. The molecule has 1 aliphatic heterocycles. The number of nitrogens with one attached hydrogen (secondary N) is 1. The van der Waals surface area contributed by atoms with Gasteiger partial charge in [0.15, 0.2) is 11.9 Å². The van der Waals surface area contributed by atoms with Gasteiger partial charge in [0.25, 0.3) is 0 Å². The fourth-order valence-corrected chi connectivity index (χ4v) is 3.21. The molecule has 0 aliphatic carbocycles. The van der Waals surface area contributed by atoms with Gasteiger partial charge in [-0.1, -0.05) is 33.1 Å². The zero-order valence-electron chi connectivity index (χ0n) is 15.2. The molecular formula is C19H34ClN3. The second kappa shape index (κ2) is 10.9. The Morgan fingerprint density at radius 3 is 2.57 bits per heavy atom. The maximum absolute atomic E-state index is 3.61. The van der Waals surface area contributed by atoms with Gasteiger partial charge in [0.05, 0.1) is 5.69 Å². The Kier molecular flexibility index (Phi) is 9.57. The SMILES string of the molecule is CCCCCCc1cc(NN2CCC(C)CC2)cc[n+]1CC.[Cl-]. The van der Waals surface area contributed by atoms with E-state index in [2.05, 4.69) is 54.1 Å². The third kappa shape index (κ3) is 6.68. The van der Waals surface area contributed by atoms with Gasteiger partial charge in [0.2, 0.25) is 0 Å². The van der Waals surface area contributed by atoms with Crippen molar-refractivity contribution in [2.75, 3.05) is 18.5 Å². The van der Waals surface area contributed by atoms with E-state index in [0.717, 1.165) is 25.6 Å². The van der Waals surface area contributed by atoms with Crippen molar-refractivity contribution in [1.29, 1.82) is 0 Å². The predicted octanol–water partition coefficient (Wildman–Crippen LogP) is 1.18. The molecule has 132 valence electrons. The Morgan fingerprint density at radius 2 is 1.91 bits per heavy atom. The van der Waals surface area contributed by atoms with Crippen LogP contribution in [-0.2, 0) is 13.0 Å². The van der Waals surface area contributed by atoms with Crippen LogP contribution in [0.4, 0.5) is 5.69 Å². The van der Waals surface area contributed by atoms with Gasteiger partial charge in [-0.3, -0.25) is 0 Å². The minimum atomic E-state index is 0. The van der Waals surface area contributed by atoms with Crippen LogP contribution in [0.2, 0.25) is 0 Å². The molecule has 1 saturated heterocycles. The van der Waals surface area contributed by atoms with Crippen LogP contribution in [0, 0.1) is 5.92 Å². The molecule has 1 aliphatic rings. The van der Waals surface area contributed by atoms with Crippen molar-refractivity contribution in [3.05, 3.63) is 24.0 Å². The number of nitrogens with zero attached hydrogens (tertiary/aromatic N) is 2. The van der Waals surface area contributed by atoms with Crippen molar-refractivity contribution in [3.8, 4) is 0 Å². The maximum atomic E-state index is 3.61. The van der Waals surface area contributed by atoms with Gasteiger partial charge in [-0.2, -0.15) is 0 Å². The summed E-state index contributed by atoms with van der Waals surface area (Å²) in [5, 5.41) is 2.38. The first kappa shape index (κ1) is 20.2.